The van der Waals surface area contributed by atoms with Gasteiger partial charge in [-0.2, -0.15) is 5.12 Å². The molecular weight excluding hydrogens is 102 g/mol. The molecule has 1 heterocycles. The SMILES string of the molecule is C[C@@H]1CCN(C)N1N. The van der Waals surface area contributed by atoms with Crippen molar-refractivity contribution in [2.45, 2.75) is 19.4 Å². The Balaban J connectivity index is 2.44. The van der Waals surface area contributed by atoms with E-state index >= 15 is 0 Å². The number of nitrogens with two attached hydrogens (primary N) is 1. The molecule has 0 unspecified atom stereocenters. The molecule has 1 rings (SSSR count). The molecule has 0 saturated carbocycles. The number of hydrazine groups is 2. The summed E-state index contributed by atoms with van der Waals surface area (Å²) >= 11 is 0. The van der Waals surface area contributed by atoms with Crippen LogP contribution in [0.3, 0.4) is 0 Å². The molecule has 0 aliphatic carbocycles. The van der Waals surface area contributed by atoms with E-state index in [0.717, 1.165) is 6.54 Å². The summed E-state index contributed by atoms with van der Waals surface area (Å²) in [6.45, 7) is 3.22. The van der Waals surface area contributed by atoms with Gasteiger partial charge in [0.2, 0.25) is 0 Å². The van der Waals surface area contributed by atoms with Crippen molar-refractivity contribution in [3.63, 3.8) is 0 Å². The van der Waals surface area contributed by atoms with Crippen LogP contribution in [0.5, 0.6) is 0 Å². The molecule has 1 fully saturated rings. The summed E-state index contributed by atoms with van der Waals surface area (Å²) < 4.78 is 0. The molecule has 3 heteroatoms. The molecule has 0 bridgehead atoms. The van der Waals surface area contributed by atoms with Gasteiger partial charge in [0.05, 0.1) is 0 Å². The van der Waals surface area contributed by atoms with Crippen molar-refractivity contribution in [2.75, 3.05) is 13.6 Å². The second-order valence-electron chi connectivity index (χ2n) is 2.40. The first-order chi connectivity index (χ1) is 3.72. The van der Waals surface area contributed by atoms with Crippen LogP contribution in [0.25, 0.3) is 0 Å². The maximum absolute atomic E-state index is 5.58. The van der Waals surface area contributed by atoms with Crippen molar-refractivity contribution in [1.29, 1.82) is 0 Å². The van der Waals surface area contributed by atoms with Crippen LogP contribution in [0, 0.1) is 0 Å². The lowest BCUT2D eigenvalue weighted by Crippen LogP contribution is -2.42. The Morgan fingerprint density at radius 3 is 2.38 bits per heavy atom. The third-order valence-electron chi connectivity index (χ3n) is 1.72. The summed E-state index contributed by atoms with van der Waals surface area (Å²) in [6, 6.07) is 0.528. The highest BCUT2D eigenvalue weighted by Crippen LogP contribution is 2.09. The first-order valence-electron chi connectivity index (χ1n) is 2.97. The standard InChI is InChI=1S/C5H13N3/c1-5-3-4-7(2)8(5)6/h5H,3-4,6H2,1-2H3/t5-/m1/s1. The maximum Gasteiger partial charge on any atom is 0.0384 e. The van der Waals surface area contributed by atoms with Crippen LogP contribution in [-0.2, 0) is 0 Å². The van der Waals surface area contributed by atoms with Crippen LogP contribution in [0.2, 0.25) is 0 Å². The zero-order valence-corrected chi connectivity index (χ0v) is 5.46. The van der Waals surface area contributed by atoms with Crippen molar-refractivity contribution in [3.05, 3.63) is 0 Å². The first kappa shape index (κ1) is 6.01. The van der Waals surface area contributed by atoms with Gasteiger partial charge in [-0.15, -0.1) is 0 Å². The Labute approximate surface area is 50.0 Å². The molecule has 1 aliphatic rings. The van der Waals surface area contributed by atoms with Gasteiger partial charge in [-0.25, -0.2) is 5.01 Å². The first-order valence-corrected chi connectivity index (χ1v) is 2.97. The van der Waals surface area contributed by atoms with Gasteiger partial charge in [0, 0.05) is 19.6 Å². The van der Waals surface area contributed by atoms with E-state index in [2.05, 4.69) is 6.92 Å². The number of rotatable bonds is 0. The second-order valence-corrected chi connectivity index (χ2v) is 2.40. The van der Waals surface area contributed by atoms with E-state index in [1.807, 2.05) is 12.1 Å². The lowest BCUT2D eigenvalue weighted by Gasteiger charge is -2.20. The third kappa shape index (κ3) is 0.844. The Kier molecular flexibility index (Phi) is 1.51. The fourth-order valence-corrected chi connectivity index (χ4v) is 0.958. The molecule has 0 aromatic carbocycles. The van der Waals surface area contributed by atoms with E-state index < -0.39 is 0 Å². The normalized spacial score (nSPS) is 34.1. The summed E-state index contributed by atoms with van der Waals surface area (Å²) in [5.74, 6) is 5.58. The molecule has 0 spiro atoms. The molecule has 0 radical (unpaired) electrons. The fraction of sp³-hybridized carbons (Fsp3) is 1.00. The Morgan fingerprint density at radius 1 is 1.62 bits per heavy atom. The van der Waals surface area contributed by atoms with Gasteiger partial charge in [-0.1, -0.05) is 0 Å². The summed E-state index contributed by atoms with van der Waals surface area (Å²) in [7, 11) is 2.00. The number of hydrogen-bond donors (Lipinski definition) is 1. The van der Waals surface area contributed by atoms with Crippen molar-refractivity contribution in [1.82, 2.24) is 10.1 Å². The highest BCUT2D eigenvalue weighted by molar-refractivity contribution is 4.67. The quantitative estimate of drug-likeness (QED) is 0.444. The zero-order chi connectivity index (χ0) is 6.15. The zero-order valence-electron chi connectivity index (χ0n) is 5.46. The minimum absolute atomic E-state index is 0.528. The number of hydrogen-bond acceptors (Lipinski definition) is 3. The van der Waals surface area contributed by atoms with Gasteiger partial charge in [-0.05, 0) is 13.3 Å². The van der Waals surface area contributed by atoms with Crippen LogP contribution >= 0.6 is 0 Å². The van der Waals surface area contributed by atoms with E-state index in [9.17, 15) is 0 Å². The van der Waals surface area contributed by atoms with Gasteiger partial charge < -0.3 is 0 Å². The van der Waals surface area contributed by atoms with Crippen molar-refractivity contribution in [3.8, 4) is 0 Å². The Bertz CT molecular complexity index is 73.7. The third-order valence-corrected chi connectivity index (χ3v) is 1.72. The number of nitrogens with zero attached hydrogens (tertiary/aromatic N) is 2. The van der Waals surface area contributed by atoms with Crippen LogP contribution in [-0.4, -0.2) is 29.8 Å². The second kappa shape index (κ2) is 2.01. The molecule has 3 nitrogen and oxygen atoms in total. The Hall–Kier alpha value is -0.120. The highest BCUT2D eigenvalue weighted by Gasteiger charge is 2.21. The minimum atomic E-state index is 0.528. The fourth-order valence-electron chi connectivity index (χ4n) is 0.958. The molecule has 0 amide bonds. The molecule has 1 saturated heterocycles. The van der Waals surface area contributed by atoms with E-state index in [0.29, 0.717) is 6.04 Å². The van der Waals surface area contributed by atoms with Gasteiger partial charge >= 0.3 is 0 Å². The molecule has 1 aliphatic heterocycles. The average molecular weight is 115 g/mol. The van der Waals surface area contributed by atoms with E-state index in [-0.39, 0.29) is 0 Å². The van der Waals surface area contributed by atoms with Gasteiger partial charge in [0.1, 0.15) is 0 Å². The van der Waals surface area contributed by atoms with Crippen molar-refractivity contribution in [2.24, 2.45) is 5.84 Å². The maximum atomic E-state index is 5.58. The van der Waals surface area contributed by atoms with E-state index in [1.54, 1.807) is 5.12 Å². The van der Waals surface area contributed by atoms with Gasteiger partial charge in [-0.3, -0.25) is 5.84 Å². The van der Waals surface area contributed by atoms with Crippen LogP contribution < -0.4 is 5.84 Å². The summed E-state index contributed by atoms with van der Waals surface area (Å²) in [4.78, 5) is 0. The largest absolute Gasteiger partial charge is 0.255 e. The molecule has 0 aromatic rings. The van der Waals surface area contributed by atoms with Crippen LogP contribution in [0.15, 0.2) is 0 Å². The summed E-state index contributed by atoms with van der Waals surface area (Å²) in [5.41, 5.74) is 0. The molecule has 8 heavy (non-hydrogen) atoms. The molecule has 48 valence electrons. The topological polar surface area (TPSA) is 32.5 Å². The van der Waals surface area contributed by atoms with Gasteiger partial charge in [0.15, 0.2) is 0 Å². The summed E-state index contributed by atoms with van der Waals surface area (Å²) in [5, 5.41) is 3.81. The minimum Gasteiger partial charge on any atom is -0.255 e. The monoisotopic (exact) mass is 115 g/mol. The van der Waals surface area contributed by atoms with E-state index in [4.69, 9.17) is 5.84 Å². The van der Waals surface area contributed by atoms with Crippen molar-refractivity contribution >= 4 is 0 Å². The van der Waals surface area contributed by atoms with Crippen LogP contribution in [0.1, 0.15) is 13.3 Å². The molecule has 2 N–H and O–H groups in total. The predicted octanol–water partition coefficient (Wildman–Crippen LogP) is -0.199. The predicted molar refractivity (Wildman–Crippen MR) is 32.7 cm³/mol. The highest BCUT2D eigenvalue weighted by atomic mass is 15.8. The molecular formula is C5H13N3. The average Bonchev–Trinajstić information content (AvgIpc) is 1.98. The lowest BCUT2D eigenvalue weighted by molar-refractivity contribution is 0.0267. The molecule has 1 atom stereocenters. The van der Waals surface area contributed by atoms with Crippen molar-refractivity contribution < 1.29 is 0 Å². The summed E-state index contributed by atoms with van der Waals surface area (Å²) in [6.07, 6.45) is 1.19. The van der Waals surface area contributed by atoms with Gasteiger partial charge in [0.25, 0.3) is 0 Å². The molecule has 0 aromatic heterocycles. The van der Waals surface area contributed by atoms with Crippen LogP contribution in [0.4, 0.5) is 0 Å². The Morgan fingerprint density at radius 2 is 2.25 bits per heavy atom. The lowest BCUT2D eigenvalue weighted by atomic mass is 10.3. The smallest absolute Gasteiger partial charge is 0.0384 e. The van der Waals surface area contributed by atoms with E-state index in [1.165, 1.54) is 6.42 Å².